The molecule has 88 valence electrons. The summed E-state index contributed by atoms with van der Waals surface area (Å²) in [6.45, 7) is 0. The Bertz CT molecular complexity index is 468. The van der Waals surface area contributed by atoms with Crippen LogP contribution in [-0.4, -0.2) is 47.4 Å². The first-order valence-electron chi connectivity index (χ1n) is 3.16. The molecule has 0 amide bonds. The van der Waals surface area contributed by atoms with Crippen LogP contribution in [0.4, 0.5) is 0 Å². The smallest absolute Gasteiger partial charge is 0.331 e. The average molecular weight is 262 g/mol. The predicted octanol–water partition coefficient (Wildman–Crippen LogP) is -2.43. The van der Waals surface area contributed by atoms with Crippen molar-refractivity contribution in [2.24, 2.45) is 0 Å². The van der Waals surface area contributed by atoms with E-state index in [1.807, 2.05) is 0 Å². The van der Waals surface area contributed by atoms with E-state index < -0.39 is 43.0 Å². The largest absolute Gasteiger partial charge is 0.384 e. The van der Waals surface area contributed by atoms with Crippen molar-refractivity contribution in [2.45, 2.75) is 12.5 Å². The molecule has 0 aromatic heterocycles. The number of carbonyl (C=O) groups is 2. The number of carbonyl (C=O) groups excluding carboxylic acids is 2. The summed E-state index contributed by atoms with van der Waals surface area (Å²) in [7, 11) is -10.3. The van der Waals surface area contributed by atoms with Gasteiger partial charge in [-0.25, -0.2) is 0 Å². The number of aliphatic hydroxyl groups is 1. The maximum absolute atomic E-state index is 10.5. The average Bonchev–Trinajstić information content (AvgIpc) is 1.99. The summed E-state index contributed by atoms with van der Waals surface area (Å²) in [6, 6.07) is 0. The lowest BCUT2D eigenvalue weighted by Crippen LogP contribution is -2.32. The van der Waals surface area contributed by atoms with Gasteiger partial charge in [0.05, 0.1) is 6.42 Å². The van der Waals surface area contributed by atoms with E-state index in [9.17, 15) is 26.4 Å². The Hall–Kier alpha value is -0.880. The number of hydrogen-bond acceptors (Lipinski definition) is 7. The zero-order valence-corrected chi connectivity index (χ0v) is 8.53. The van der Waals surface area contributed by atoms with Gasteiger partial charge in [-0.3, -0.25) is 18.7 Å². The van der Waals surface area contributed by atoms with Crippen LogP contribution < -0.4 is 0 Å². The standard InChI is InChI=1S/C4H6O9S2/c5-2(4(7)15(11,12)13)1-3(6)14(8,9)10/h2,5H,1H2,(H,8,9,10)(H,11,12,13). The van der Waals surface area contributed by atoms with Crippen LogP contribution in [0.2, 0.25) is 0 Å². The molecule has 3 N–H and O–H groups in total. The quantitative estimate of drug-likeness (QED) is 0.469. The van der Waals surface area contributed by atoms with Crippen molar-refractivity contribution < 1.29 is 40.6 Å². The predicted molar refractivity (Wildman–Crippen MR) is 43.7 cm³/mol. The number of rotatable bonds is 3. The zero-order chi connectivity index (χ0) is 12.4. The van der Waals surface area contributed by atoms with Crippen LogP contribution in [0.15, 0.2) is 0 Å². The molecule has 0 aromatic carbocycles. The minimum Gasteiger partial charge on any atom is -0.384 e. The van der Waals surface area contributed by atoms with Gasteiger partial charge < -0.3 is 5.11 Å². The lowest BCUT2D eigenvalue weighted by atomic mass is 10.3. The summed E-state index contributed by atoms with van der Waals surface area (Å²) in [4.78, 5) is 21.0. The minimum absolute atomic E-state index is 1.46. The molecule has 0 rings (SSSR count). The highest BCUT2D eigenvalue weighted by Gasteiger charge is 2.32. The number of aliphatic hydroxyl groups excluding tert-OH is 1. The molecule has 0 aliphatic carbocycles. The minimum atomic E-state index is -5.21. The molecule has 0 aliphatic rings. The van der Waals surface area contributed by atoms with Crippen LogP contribution >= 0.6 is 0 Å². The molecule has 1 atom stereocenters. The fourth-order valence-electron chi connectivity index (χ4n) is 0.518. The van der Waals surface area contributed by atoms with Gasteiger partial charge in [0, 0.05) is 0 Å². The second kappa shape index (κ2) is 4.32. The van der Waals surface area contributed by atoms with Gasteiger partial charge in [-0.2, -0.15) is 16.8 Å². The molecule has 0 heterocycles. The van der Waals surface area contributed by atoms with Crippen molar-refractivity contribution in [3.8, 4) is 0 Å². The molecule has 11 heteroatoms. The van der Waals surface area contributed by atoms with Gasteiger partial charge in [-0.1, -0.05) is 0 Å². The third kappa shape index (κ3) is 4.44. The highest BCUT2D eigenvalue weighted by atomic mass is 32.2. The lowest BCUT2D eigenvalue weighted by molar-refractivity contribution is -0.124. The molecule has 9 nitrogen and oxygen atoms in total. The molecule has 0 saturated carbocycles. The lowest BCUT2D eigenvalue weighted by Gasteiger charge is -2.04. The summed E-state index contributed by atoms with van der Waals surface area (Å²) >= 11 is 0. The summed E-state index contributed by atoms with van der Waals surface area (Å²) in [5.74, 6) is 0. The Morgan fingerprint density at radius 2 is 1.40 bits per heavy atom. The highest BCUT2D eigenvalue weighted by Crippen LogP contribution is 2.03. The Kier molecular flexibility index (Phi) is 4.07. The summed E-state index contributed by atoms with van der Waals surface area (Å²) in [5.41, 5.74) is 0. The normalized spacial score (nSPS) is 14.6. The fourth-order valence-corrected chi connectivity index (χ4v) is 1.31. The second-order valence-electron chi connectivity index (χ2n) is 2.36. The molecule has 0 aliphatic heterocycles. The highest BCUT2D eigenvalue weighted by molar-refractivity contribution is 8.01. The Morgan fingerprint density at radius 3 is 1.67 bits per heavy atom. The van der Waals surface area contributed by atoms with Crippen molar-refractivity contribution in [1.82, 2.24) is 0 Å². The fraction of sp³-hybridized carbons (Fsp3) is 0.500. The van der Waals surface area contributed by atoms with Gasteiger partial charge in [0.2, 0.25) is 0 Å². The molecule has 0 aromatic rings. The van der Waals surface area contributed by atoms with Crippen molar-refractivity contribution in [1.29, 1.82) is 0 Å². The van der Waals surface area contributed by atoms with Crippen molar-refractivity contribution in [3.05, 3.63) is 0 Å². The topological polar surface area (TPSA) is 163 Å². The van der Waals surface area contributed by atoms with Gasteiger partial charge in [-0.15, -0.1) is 0 Å². The summed E-state index contributed by atoms with van der Waals surface area (Å²) in [6.07, 6.45) is -4.01. The maximum Gasteiger partial charge on any atom is 0.331 e. The van der Waals surface area contributed by atoms with Gasteiger partial charge in [0.25, 0.3) is 5.12 Å². The van der Waals surface area contributed by atoms with Crippen LogP contribution in [-0.2, 0) is 29.8 Å². The summed E-state index contributed by atoms with van der Waals surface area (Å²) in [5, 5.41) is 4.64. The molecular weight excluding hydrogens is 256 g/mol. The van der Waals surface area contributed by atoms with Crippen LogP contribution in [0.3, 0.4) is 0 Å². The summed E-state index contributed by atoms with van der Waals surface area (Å²) < 4.78 is 56.7. The first-order valence-corrected chi connectivity index (χ1v) is 6.04. The van der Waals surface area contributed by atoms with Crippen LogP contribution in [0.5, 0.6) is 0 Å². The third-order valence-corrected chi connectivity index (χ3v) is 2.70. The van der Waals surface area contributed by atoms with E-state index in [0.29, 0.717) is 0 Å². The maximum atomic E-state index is 10.5. The van der Waals surface area contributed by atoms with E-state index in [4.69, 9.17) is 14.2 Å². The molecule has 15 heavy (non-hydrogen) atoms. The van der Waals surface area contributed by atoms with Crippen LogP contribution in [0.25, 0.3) is 0 Å². The zero-order valence-electron chi connectivity index (χ0n) is 6.89. The molecule has 0 fully saturated rings. The first-order chi connectivity index (χ1) is 6.46. The third-order valence-electron chi connectivity index (χ3n) is 1.17. The van der Waals surface area contributed by atoms with Crippen LogP contribution in [0, 0.1) is 0 Å². The molecule has 0 spiro atoms. The SMILES string of the molecule is O=C(CC(O)C(=O)S(=O)(=O)O)S(=O)(=O)O. The van der Waals surface area contributed by atoms with E-state index in [1.165, 1.54) is 0 Å². The van der Waals surface area contributed by atoms with Crippen molar-refractivity contribution in [3.63, 3.8) is 0 Å². The van der Waals surface area contributed by atoms with E-state index in [-0.39, 0.29) is 0 Å². The Labute approximate surface area is 84.2 Å². The van der Waals surface area contributed by atoms with E-state index in [0.717, 1.165) is 0 Å². The number of hydrogen-bond donors (Lipinski definition) is 3. The van der Waals surface area contributed by atoms with E-state index in [2.05, 4.69) is 0 Å². The first kappa shape index (κ1) is 14.1. The van der Waals surface area contributed by atoms with E-state index in [1.54, 1.807) is 0 Å². The molecular formula is C4H6O9S2. The van der Waals surface area contributed by atoms with Gasteiger partial charge in [0.1, 0.15) is 6.10 Å². The van der Waals surface area contributed by atoms with Gasteiger partial charge in [0.15, 0.2) is 0 Å². The second-order valence-corrected chi connectivity index (χ2v) is 5.12. The Morgan fingerprint density at radius 1 is 1.00 bits per heavy atom. The molecule has 0 bridgehead atoms. The van der Waals surface area contributed by atoms with Gasteiger partial charge >= 0.3 is 25.4 Å². The molecule has 1 unspecified atom stereocenters. The Balaban J connectivity index is 4.75. The molecule has 0 radical (unpaired) electrons. The molecule has 0 saturated heterocycles. The monoisotopic (exact) mass is 262 g/mol. The van der Waals surface area contributed by atoms with Crippen molar-refractivity contribution in [2.75, 3.05) is 0 Å². The van der Waals surface area contributed by atoms with Crippen LogP contribution in [0.1, 0.15) is 6.42 Å². The van der Waals surface area contributed by atoms with E-state index >= 15 is 0 Å². The van der Waals surface area contributed by atoms with Gasteiger partial charge in [-0.05, 0) is 0 Å². The van der Waals surface area contributed by atoms with Crippen molar-refractivity contribution >= 4 is 30.5 Å².